The summed E-state index contributed by atoms with van der Waals surface area (Å²) >= 11 is 5.97. The standard InChI is InChI=1S/C24H20ClN3O3/c1-31-19-12-6-16(7-13-19)14-28(24(30)17-8-10-18(25)11-9-17)15-22-26-21-5-3-2-4-20(21)23(29)27-22/h2-13H,14-15H2,1H3,(H,26,27,29). The molecule has 1 aromatic heterocycles. The number of halogens is 1. The number of aromatic amines is 1. The zero-order valence-electron chi connectivity index (χ0n) is 16.8. The second-order valence-corrected chi connectivity index (χ2v) is 7.48. The van der Waals surface area contributed by atoms with Crippen molar-refractivity contribution in [2.45, 2.75) is 13.1 Å². The molecule has 6 nitrogen and oxygen atoms in total. The van der Waals surface area contributed by atoms with Gasteiger partial charge in [-0.1, -0.05) is 35.9 Å². The van der Waals surface area contributed by atoms with Gasteiger partial charge in [-0.25, -0.2) is 4.98 Å². The Morgan fingerprint density at radius 1 is 1.00 bits per heavy atom. The number of methoxy groups -OCH3 is 1. The molecule has 0 saturated heterocycles. The predicted octanol–water partition coefficient (Wildman–Crippen LogP) is 4.43. The van der Waals surface area contributed by atoms with Crippen molar-refractivity contribution in [2.24, 2.45) is 0 Å². The van der Waals surface area contributed by atoms with Crippen LogP contribution in [-0.2, 0) is 13.1 Å². The third-order valence-corrected chi connectivity index (χ3v) is 5.17. The highest BCUT2D eigenvalue weighted by Crippen LogP contribution is 2.18. The van der Waals surface area contributed by atoms with Gasteiger partial charge in [0.25, 0.3) is 11.5 Å². The number of para-hydroxylation sites is 1. The molecule has 0 aliphatic carbocycles. The summed E-state index contributed by atoms with van der Waals surface area (Å²) in [6.07, 6.45) is 0. The number of carbonyl (C=O) groups is 1. The first kappa shape index (κ1) is 20.6. The van der Waals surface area contributed by atoms with Gasteiger partial charge in [0.05, 0.1) is 24.6 Å². The van der Waals surface area contributed by atoms with Gasteiger partial charge in [-0.05, 0) is 54.1 Å². The van der Waals surface area contributed by atoms with Crippen LogP contribution in [0, 0.1) is 0 Å². The first-order chi connectivity index (χ1) is 15.0. The third kappa shape index (κ3) is 4.75. The minimum atomic E-state index is -0.232. The van der Waals surface area contributed by atoms with Crippen LogP contribution < -0.4 is 10.3 Å². The Hall–Kier alpha value is -3.64. The van der Waals surface area contributed by atoms with E-state index in [2.05, 4.69) is 9.97 Å². The maximum absolute atomic E-state index is 13.3. The van der Waals surface area contributed by atoms with E-state index < -0.39 is 0 Å². The van der Waals surface area contributed by atoms with Crippen molar-refractivity contribution in [3.8, 4) is 5.75 Å². The molecular weight excluding hydrogens is 414 g/mol. The molecule has 1 heterocycles. The summed E-state index contributed by atoms with van der Waals surface area (Å²) in [4.78, 5) is 34.7. The van der Waals surface area contributed by atoms with Gasteiger partial charge in [0, 0.05) is 17.1 Å². The summed E-state index contributed by atoms with van der Waals surface area (Å²) in [6.45, 7) is 0.482. The Morgan fingerprint density at radius 2 is 1.71 bits per heavy atom. The van der Waals surface area contributed by atoms with Crippen LogP contribution in [0.5, 0.6) is 5.75 Å². The van der Waals surface area contributed by atoms with Crippen molar-refractivity contribution in [3.63, 3.8) is 0 Å². The summed E-state index contributed by atoms with van der Waals surface area (Å²) in [7, 11) is 1.60. The van der Waals surface area contributed by atoms with Crippen LogP contribution in [-0.4, -0.2) is 27.9 Å². The number of aromatic nitrogens is 2. The minimum Gasteiger partial charge on any atom is -0.497 e. The first-order valence-electron chi connectivity index (χ1n) is 9.69. The molecule has 0 spiro atoms. The van der Waals surface area contributed by atoms with Crippen molar-refractivity contribution < 1.29 is 9.53 Å². The van der Waals surface area contributed by atoms with Gasteiger partial charge in [0.1, 0.15) is 11.6 Å². The van der Waals surface area contributed by atoms with Crippen molar-refractivity contribution >= 4 is 28.4 Å². The molecule has 0 bridgehead atoms. The van der Waals surface area contributed by atoms with Crippen molar-refractivity contribution in [1.29, 1.82) is 0 Å². The lowest BCUT2D eigenvalue weighted by molar-refractivity contribution is 0.0725. The number of H-pyrrole nitrogens is 1. The van der Waals surface area contributed by atoms with Gasteiger partial charge in [-0.2, -0.15) is 0 Å². The minimum absolute atomic E-state index is 0.146. The van der Waals surface area contributed by atoms with Gasteiger partial charge in [0.2, 0.25) is 0 Å². The second-order valence-electron chi connectivity index (χ2n) is 7.05. The van der Waals surface area contributed by atoms with E-state index in [-0.39, 0.29) is 18.0 Å². The molecule has 4 aromatic rings. The van der Waals surface area contributed by atoms with Crippen LogP contribution in [0.2, 0.25) is 5.02 Å². The van der Waals surface area contributed by atoms with Gasteiger partial charge < -0.3 is 14.6 Å². The molecule has 0 unspecified atom stereocenters. The Balaban J connectivity index is 1.67. The number of hydrogen-bond donors (Lipinski definition) is 1. The fraction of sp³-hybridized carbons (Fsp3) is 0.125. The number of hydrogen-bond acceptors (Lipinski definition) is 4. The van der Waals surface area contributed by atoms with E-state index in [1.54, 1.807) is 54.5 Å². The molecule has 0 saturated carbocycles. The quantitative estimate of drug-likeness (QED) is 0.488. The fourth-order valence-electron chi connectivity index (χ4n) is 3.32. The van der Waals surface area contributed by atoms with Crippen LogP contribution >= 0.6 is 11.6 Å². The lowest BCUT2D eigenvalue weighted by Crippen LogP contribution is -2.31. The second kappa shape index (κ2) is 9.02. The van der Waals surface area contributed by atoms with E-state index in [4.69, 9.17) is 16.3 Å². The lowest BCUT2D eigenvalue weighted by atomic mass is 10.1. The zero-order valence-corrected chi connectivity index (χ0v) is 17.6. The summed E-state index contributed by atoms with van der Waals surface area (Å²) < 4.78 is 5.21. The number of ether oxygens (including phenoxy) is 1. The summed E-state index contributed by atoms with van der Waals surface area (Å²) in [6, 6.07) is 21.3. The van der Waals surface area contributed by atoms with E-state index in [0.29, 0.717) is 33.9 Å². The molecule has 0 radical (unpaired) electrons. The maximum Gasteiger partial charge on any atom is 0.258 e. The Bertz CT molecular complexity index is 1270. The molecule has 0 atom stereocenters. The summed E-state index contributed by atoms with van der Waals surface area (Å²) in [5.74, 6) is 0.961. The molecule has 1 N–H and O–H groups in total. The molecule has 3 aromatic carbocycles. The molecule has 156 valence electrons. The van der Waals surface area contributed by atoms with E-state index in [1.807, 2.05) is 30.3 Å². The summed E-state index contributed by atoms with van der Waals surface area (Å²) in [5, 5.41) is 1.07. The van der Waals surface area contributed by atoms with Crippen LogP contribution in [0.4, 0.5) is 0 Å². The van der Waals surface area contributed by atoms with Crippen LogP contribution in [0.15, 0.2) is 77.6 Å². The number of nitrogens with zero attached hydrogens (tertiary/aromatic N) is 2. The Kier molecular flexibility index (Phi) is 6.00. The maximum atomic E-state index is 13.3. The number of amides is 1. The number of rotatable bonds is 6. The average molecular weight is 434 g/mol. The molecule has 7 heteroatoms. The van der Waals surface area contributed by atoms with Gasteiger partial charge in [-0.15, -0.1) is 0 Å². The summed E-state index contributed by atoms with van der Waals surface area (Å²) in [5.41, 5.74) is 1.78. The van der Waals surface area contributed by atoms with Crippen molar-refractivity contribution in [3.05, 3.63) is 105 Å². The van der Waals surface area contributed by atoms with Gasteiger partial charge in [-0.3, -0.25) is 9.59 Å². The van der Waals surface area contributed by atoms with E-state index >= 15 is 0 Å². The molecule has 0 fully saturated rings. The number of fused-ring (bicyclic) bond motifs is 1. The highest BCUT2D eigenvalue weighted by molar-refractivity contribution is 6.30. The monoisotopic (exact) mass is 433 g/mol. The van der Waals surface area contributed by atoms with E-state index in [0.717, 1.165) is 11.3 Å². The molecule has 0 aliphatic heterocycles. The SMILES string of the molecule is COc1ccc(CN(Cc2nc3ccccc3c(=O)[nH]2)C(=O)c2ccc(Cl)cc2)cc1. The zero-order chi connectivity index (χ0) is 21.8. The average Bonchev–Trinajstić information content (AvgIpc) is 2.79. The van der Waals surface area contributed by atoms with Crippen LogP contribution in [0.3, 0.4) is 0 Å². The number of benzene rings is 3. The molecule has 1 amide bonds. The van der Waals surface area contributed by atoms with Crippen molar-refractivity contribution in [2.75, 3.05) is 7.11 Å². The van der Waals surface area contributed by atoms with E-state index in [1.165, 1.54) is 0 Å². The topological polar surface area (TPSA) is 75.3 Å². The van der Waals surface area contributed by atoms with E-state index in [9.17, 15) is 9.59 Å². The van der Waals surface area contributed by atoms with Crippen LogP contribution in [0.25, 0.3) is 10.9 Å². The molecule has 31 heavy (non-hydrogen) atoms. The highest BCUT2D eigenvalue weighted by atomic mass is 35.5. The molecule has 0 aliphatic rings. The molecular formula is C24H20ClN3O3. The third-order valence-electron chi connectivity index (χ3n) is 4.91. The largest absolute Gasteiger partial charge is 0.497 e. The highest BCUT2D eigenvalue weighted by Gasteiger charge is 2.18. The lowest BCUT2D eigenvalue weighted by Gasteiger charge is -2.23. The number of carbonyl (C=O) groups excluding carboxylic acids is 1. The molecule has 4 rings (SSSR count). The van der Waals surface area contributed by atoms with Gasteiger partial charge >= 0.3 is 0 Å². The predicted molar refractivity (Wildman–Crippen MR) is 120 cm³/mol. The van der Waals surface area contributed by atoms with Crippen LogP contribution in [0.1, 0.15) is 21.7 Å². The Morgan fingerprint density at radius 3 is 2.42 bits per heavy atom. The number of nitrogens with one attached hydrogen (secondary N) is 1. The normalized spacial score (nSPS) is 10.8. The van der Waals surface area contributed by atoms with Crippen molar-refractivity contribution in [1.82, 2.24) is 14.9 Å². The fourth-order valence-corrected chi connectivity index (χ4v) is 3.44. The smallest absolute Gasteiger partial charge is 0.258 e. The Labute approximate surface area is 184 Å². The van der Waals surface area contributed by atoms with Gasteiger partial charge in [0.15, 0.2) is 0 Å². The first-order valence-corrected chi connectivity index (χ1v) is 10.1.